The van der Waals surface area contributed by atoms with Crippen LogP contribution >= 0.6 is 11.6 Å². The Kier molecular flexibility index (Phi) is 10.6. The molecule has 0 spiro atoms. The summed E-state index contributed by atoms with van der Waals surface area (Å²) in [7, 11) is -2.75. The third-order valence-electron chi connectivity index (χ3n) is 6.31. The van der Waals surface area contributed by atoms with Crippen molar-refractivity contribution in [1.29, 1.82) is 0 Å². The molecule has 8 nitrogen and oxygen atoms in total. The highest BCUT2D eigenvalue weighted by Crippen LogP contribution is 2.33. The van der Waals surface area contributed by atoms with E-state index in [1.54, 1.807) is 67.6 Å². The highest BCUT2D eigenvalue weighted by Gasteiger charge is 2.33. The zero-order valence-corrected chi connectivity index (χ0v) is 25.0. The number of hydrogen-bond acceptors (Lipinski definition) is 5. The molecule has 0 bridgehead atoms. The number of nitrogens with one attached hydrogen (secondary N) is 1. The van der Waals surface area contributed by atoms with Crippen molar-refractivity contribution in [3.8, 4) is 5.75 Å². The van der Waals surface area contributed by atoms with Crippen LogP contribution in [0.2, 0.25) is 5.02 Å². The van der Waals surface area contributed by atoms with Crippen LogP contribution in [0, 0.1) is 12.8 Å². The molecule has 1 N–H and O–H groups in total. The first kappa shape index (κ1) is 31.0. The maximum absolute atomic E-state index is 14.0. The number of carbonyl (C=O) groups is 2. The number of nitrogens with zero attached hydrogens (tertiary/aromatic N) is 2. The summed E-state index contributed by atoms with van der Waals surface area (Å²) < 4.78 is 34.5. The molecule has 0 radical (unpaired) electrons. The first-order valence-electron chi connectivity index (χ1n) is 13.0. The van der Waals surface area contributed by atoms with Crippen LogP contribution in [0.15, 0.2) is 77.7 Å². The number of benzene rings is 3. The van der Waals surface area contributed by atoms with Crippen molar-refractivity contribution in [1.82, 2.24) is 10.2 Å². The lowest BCUT2D eigenvalue weighted by atomic mass is 10.1. The monoisotopic (exact) mass is 585 g/mol. The number of halogens is 1. The van der Waals surface area contributed by atoms with Gasteiger partial charge in [0, 0.05) is 18.1 Å². The van der Waals surface area contributed by atoms with Gasteiger partial charge in [0.1, 0.15) is 18.3 Å². The summed E-state index contributed by atoms with van der Waals surface area (Å²) in [5.74, 6) is -0.388. The molecule has 3 aromatic carbocycles. The normalized spacial score (nSPS) is 12.1. The standard InChI is InChI=1S/C30H36ClN3O5S/c1-21(2)18-32-30(36)23(4)33(19-24-10-9-11-25(31)17-24)29(35)20-34(27-16-22(3)14-15-28(27)39-5)40(37,38)26-12-7-6-8-13-26/h6-17,21,23H,18-20H2,1-5H3,(H,32,36)/t23-/m1/s1. The third-order valence-corrected chi connectivity index (χ3v) is 8.32. The number of hydrogen-bond donors (Lipinski definition) is 1. The van der Waals surface area contributed by atoms with Crippen LogP contribution in [0.4, 0.5) is 5.69 Å². The Morgan fingerprint density at radius 2 is 1.68 bits per heavy atom. The van der Waals surface area contributed by atoms with Crippen LogP contribution in [0.25, 0.3) is 0 Å². The maximum atomic E-state index is 14.0. The molecule has 2 amide bonds. The molecule has 0 unspecified atom stereocenters. The molecule has 214 valence electrons. The van der Waals surface area contributed by atoms with Crippen LogP contribution in [0.5, 0.6) is 5.75 Å². The molecule has 40 heavy (non-hydrogen) atoms. The molecule has 10 heteroatoms. The first-order valence-corrected chi connectivity index (χ1v) is 14.8. The molecule has 3 rings (SSSR count). The molecule has 3 aromatic rings. The highest BCUT2D eigenvalue weighted by molar-refractivity contribution is 7.92. The van der Waals surface area contributed by atoms with Crippen LogP contribution < -0.4 is 14.4 Å². The minimum Gasteiger partial charge on any atom is -0.495 e. The molecule has 0 saturated heterocycles. The smallest absolute Gasteiger partial charge is 0.264 e. The summed E-state index contributed by atoms with van der Waals surface area (Å²) >= 11 is 6.19. The molecule has 0 saturated carbocycles. The second-order valence-corrected chi connectivity index (χ2v) is 12.3. The van der Waals surface area contributed by atoms with Gasteiger partial charge in [0.25, 0.3) is 10.0 Å². The van der Waals surface area contributed by atoms with Crippen molar-refractivity contribution >= 4 is 39.1 Å². The van der Waals surface area contributed by atoms with Crippen molar-refractivity contribution in [2.75, 3.05) is 24.5 Å². The molecule has 0 aliphatic carbocycles. The lowest BCUT2D eigenvalue weighted by Crippen LogP contribution is -2.51. The molecule has 0 aliphatic rings. The summed E-state index contributed by atoms with van der Waals surface area (Å²) in [5.41, 5.74) is 1.71. The van der Waals surface area contributed by atoms with Crippen LogP contribution in [-0.2, 0) is 26.2 Å². The van der Waals surface area contributed by atoms with E-state index in [2.05, 4.69) is 5.32 Å². The number of carbonyl (C=O) groups excluding carboxylic acids is 2. The van der Waals surface area contributed by atoms with Crippen LogP contribution in [0.1, 0.15) is 31.9 Å². The number of methoxy groups -OCH3 is 1. The first-order chi connectivity index (χ1) is 18.9. The fourth-order valence-corrected chi connectivity index (χ4v) is 5.75. The Labute approximate surface area is 241 Å². The predicted molar refractivity (Wildman–Crippen MR) is 158 cm³/mol. The lowest BCUT2D eigenvalue weighted by molar-refractivity contribution is -0.139. The van der Waals surface area contributed by atoms with Gasteiger partial charge in [0.15, 0.2) is 0 Å². The fraction of sp³-hybridized carbons (Fsp3) is 0.333. The Bertz CT molecular complexity index is 1430. The van der Waals surface area contributed by atoms with E-state index < -0.39 is 28.5 Å². The Morgan fingerprint density at radius 3 is 2.30 bits per heavy atom. The number of amides is 2. The molecule has 0 aliphatic heterocycles. The van der Waals surface area contributed by atoms with E-state index in [0.29, 0.717) is 22.9 Å². The fourth-order valence-electron chi connectivity index (χ4n) is 4.09. The summed E-state index contributed by atoms with van der Waals surface area (Å²) in [6.07, 6.45) is 0. The van der Waals surface area contributed by atoms with E-state index in [1.165, 1.54) is 24.1 Å². The Hall–Kier alpha value is -3.56. The van der Waals surface area contributed by atoms with Gasteiger partial charge in [-0.05, 0) is 67.3 Å². The number of ether oxygens (including phenoxy) is 1. The van der Waals surface area contributed by atoms with Crippen molar-refractivity contribution in [3.63, 3.8) is 0 Å². The SMILES string of the molecule is COc1ccc(C)cc1N(CC(=O)N(Cc1cccc(Cl)c1)[C@H](C)C(=O)NCC(C)C)S(=O)(=O)c1ccccc1. The van der Waals surface area contributed by atoms with Gasteiger partial charge >= 0.3 is 0 Å². The van der Waals surface area contributed by atoms with Gasteiger partial charge in [-0.2, -0.15) is 0 Å². The van der Waals surface area contributed by atoms with Crippen molar-refractivity contribution in [2.45, 2.75) is 45.2 Å². The third kappa shape index (κ3) is 7.76. The zero-order chi connectivity index (χ0) is 29.4. The summed E-state index contributed by atoms with van der Waals surface area (Å²) in [6.45, 7) is 7.34. The summed E-state index contributed by atoms with van der Waals surface area (Å²) in [4.78, 5) is 28.5. The lowest BCUT2D eigenvalue weighted by Gasteiger charge is -2.32. The van der Waals surface area contributed by atoms with E-state index in [1.807, 2.05) is 20.8 Å². The van der Waals surface area contributed by atoms with Crippen LogP contribution in [0.3, 0.4) is 0 Å². The van der Waals surface area contributed by atoms with Gasteiger partial charge in [0.2, 0.25) is 11.8 Å². The number of anilines is 1. The van der Waals surface area contributed by atoms with E-state index in [9.17, 15) is 18.0 Å². The van der Waals surface area contributed by atoms with Gasteiger partial charge in [-0.15, -0.1) is 0 Å². The van der Waals surface area contributed by atoms with Gasteiger partial charge in [-0.3, -0.25) is 13.9 Å². The molecule has 1 atom stereocenters. The van der Waals surface area contributed by atoms with Gasteiger partial charge in [-0.1, -0.05) is 61.8 Å². The number of rotatable bonds is 12. The summed E-state index contributed by atoms with van der Waals surface area (Å²) in [5, 5.41) is 3.36. The topological polar surface area (TPSA) is 96.0 Å². The molecule has 0 heterocycles. The maximum Gasteiger partial charge on any atom is 0.264 e. The van der Waals surface area contributed by atoms with Gasteiger partial charge < -0.3 is 15.0 Å². The average Bonchev–Trinajstić information content (AvgIpc) is 2.93. The van der Waals surface area contributed by atoms with Crippen molar-refractivity contribution in [3.05, 3.63) is 88.9 Å². The Balaban J connectivity index is 2.07. The molecular weight excluding hydrogens is 550 g/mol. The van der Waals surface area contributed by atoms with Crippen molar-refractivity contribution < 1.29 is 22.7 Å². The van der Waals surface area contributed by atoms with Gasteiger partial charge in [-0.25, -0.2) is 8.42 Å². The highest BCUT2D eigenvalue weighted by atomic mass is 35.5. The molecule has 0 aromatic heterocycles. The zero-order valence-electron chi connectivity index (χ0n) is 23.4. The van der Waals surface area contributed by atoms with E-state index >= 15 is 0 Å². The Morgan fingerprint density at radius 1 is 0.975 bits per heavy atom. The second kappa shape index (κ2) is 13.7. The number of aryl methyl sites for hydroxylation is 1. The van der Waals surface area contributed by atoms with E-state index in [4.69, 9.17) is 16.3 Å². The average molecular weight is 586 g/mol. The van der Waals surface area contributed by atoms with Crippen molar-refractivity contribution in [2.24, 2.45) is 5.92 Å². The molecular formula is C30H36ClN3O5S. The van der Waals surface area contributed by atoms with E-state index in [-0.39, 0.29) is 29.0 Å². The minimum absolute atomic E-state index is 0.0236. The predicted octanol–water partition coefficient (Wildman–Crippen LogP) is 5.04. The molecule has 0 fully saturated rings. The minimum atomic E-state index is -4.19. The van der Waals surface area contributed by atoms with Crippen LogP contribution in [-0.4, -0.2) is 51.4 Å². The largest absolute Gasteiger partial charge is 0.495 e. The quantitative estimate of drug-likeness (QED) is 0.321. The van der Waals surface area contributed by atoms with E-state index in [0.717, 1.165) is 9.87 Å². The second-order valence-electron chi connectivity index (χ2n) is 9.97. The number of sulfonamides is 1. The summed E-state index contributed by atoms with van der Waals surface area (Å²) in [6, 6.07) is 19.1. The van der Waals surface area contributed by atoms with Gasteiger partial charge in [0.05, 0.1) is 17.7 Å².